The van der Waals surface area contributed by atoms with E-state index in [9.17, 15) is 10.1 Å². The SMILES string of the molecule is Cc1cc(Br)ccc1Oc1cc(C)c([N+](=O)[O-])cn1. The topological polar surface area (TPSA) is 65.3 Å². The molecule has 0 aliphatic carbocycles. The summed E-state index contributed by atoms with van der Waals surface area (Å²) in [7, 11) is 0. The van der Waals surface area contributed by atoms with Crippen molar-refractivity contribution < 1.29 is 9.66 Å². The maximum absolute atomic E-state index is 10.7. The fourth-order valence-electron chi connectivity index (χ4n) is 1.61. The molecule has 0 radical (unpaired) electrons. The van der Waals surface area contributed by atoms with Crippen LogP contribution < -0.4 is 4.74 Å². The molecule has 0 fully saturated rings. The van der Waals surface area contributed by atoms with E-state index >= 15 is 0 Å². The summed E-state index contributed by atoms with van der Waals surface area (Å²) in [5, 5.41) is 10.7. The Hall–Kier alpha value is -1.95. The maximum atomic E-state index is 10.7. The number of benzene rings is 1. The molecule has 0 aliphatic heterocycles. The van der Waals surface area contributed by atoms with Crippen LogP contribution in [0.4, 0.5) is 5.69 Å². The number of ether oxygens (including phenoxy) is 1. The number of nitro groups is 1. The molecule has 1 heterocycles. The molecule has 0 amide bonds. The van der Waals surface area contributed by atoms with Crippen molar-refractivity contribution >= 4 is 21.6 Å². The second kappa shape index (κ2) is 5.36. The highest BCUT2D eigenvalue weighted by atomic mass is 79.9. The first kappa shape index (κ1) is 13.5. The minimum absolute atomic E-state index is 0.0140. The lowest BCUT2D eigenvalue weighted by Crippen LogP contribution is -1.95. The molecule has 0 aliphatic rings. The zero-order valence-corrected chi connectivity index (χ0v) is 12.0. The minimum Gasteiger partial charge on any atom is -0.439 e. The molecule has 98 valence electrons. The van der Waals surface area contributed by atoms with E-state index in [2.05, 4.69) is 20.9 Å². The molecule has 0 spiro atoms. The van der Waals surface area contributed by atoms with Gasteiger partial charge in [0, 0.05) is 16.1 Å². The Morgan fingerprint density at radius 3 is 2.58 bits per heavy atom. The Kier molecular flexibility index (Phi) is 3.80. The number of nitrogens with zero attached hydrogens (tertiary/aromatic N) is 2. The van der Waals surface area contributed by atoms with Gasteiger partial charge in [-0.25, -0.2) is 4.98 Å². The van der Waals surface area contributed by atoms with Crippen molar-refractivity contribution in [3.63, 3.8) is 0 Å². The molecule has 0 bridgehead atoms. The molecule has 6 heteroatoms. The number of halogens is 1. The lowest BCUT2D eigenvalue weighted by molar-refractivity contribution is -0.385. The Morgan fingerprint density at radius 2 is 2.00 bits per heavy atom. The van der Waals surface area contributed by atoms with Crippen LogP contribution in [0.3, 0.4) is 0 Å². The molecule has 5 nitrogen and oxygen atoms in total. The summed E-state index contributed by atoms with van der Waals surface area (Å²) >= 11 is 3.37. The highest BCUT2D eigenvalue weighted by molar-refractivity contribution is 9.10. The summed E-state index contributed by atoms with van der Waals surface area (Å²) in [6, 6.07) is 7.16. The number of rotatable bonds is 3. The van der Waals surface area contributed by atoms with E-state index in [0.29, 0.717) is 17.2 Å². The average molecular weight is 323 g/mol. The summed E-state index contributed by atoms with van der Waals surface area (Å²) in [5.41, 5.74) is 1.46. The lowest BCUT2D eigenvalue weighted by atomic mass is 10.2. The van der Waals surface area contributed by atoms with Gasteiger partial charge in [-0.3, -0.25) is 10.1 Å². The summed E-state index contributed by atoms with van der Waals surface area (Å²) in [6.07, 6.45) is 1.21. The van der Waals surface area contributed by atoms with E-state index in [-0.39, 0.29) is 5.69 Å². The molecule has 2 aromatic rings. The smallest absolute Gasteiger partial charge is 0.290 e. The summed E-state index contributed by atoms with van der Waals surface area (Å²) < 4.78 is 6.59. The predicted molar refractivity (Wildman–Crippen MR) is 74.6 cm³/mol. The van der Waals surface area contributed by atoms with Crippen LogP contribution in [0.15, 0.2) is 34.9 Å². The van der Waals surface area contributed by atoms with Crippen molar-refractivity contribution in [3.8, 4) is 11.6 Å². The van der Waals surface area contributed by atoms with Gasteiger partial charge in [-0.1, -0.05) is 15.9 Å². The van der Waals surface area contributed by atoms with Crippen LogP contribution in [0, 0.1) is 24.0 Å². The van der Waals surface area contributed by atoms with E-state index in [1.807, 2.05) is 25.1 Å². The third-order valence-electron chi connectivity index (χ3n) is 2.61. The van der Waals surface area contributed by atoms with Crippen molar-refractivity contribution in [2.45, 2.75) is 13.8 Å². The van der Waals surface area contributed by atoms with Crippen LogP contribution in [0.25, 0.3) is 0 Å². The van der Waals surface area contributed by atoms with Gasteiger partial charge in [0.1, 0.15) is 11.9 Å². The van der Waals surface area contributed by atoms with Crippen molar-refractivity contribution in [1.82, 2.24) is 4.98 Å². The largest absolute Gasteiger partial charge is 0.439 e. The lowest BCUT2D eigenvalue weighted by Gasteiger charge is -2.08. The molecule has 0 saturated carbocycles. The van der Waals surface area contributed by atoms with Crippen molar-refractivity contribution in [2.75, 3.05) is 0 Å². The van der Waals surface area contributed by atoms with Gasteiger partial charge >= 0.3 is 0 Å². The third kappa shape index (κ3) is 3.08. The zero-order chi connectivity index (χ0) is 14.0. The van der Waals surface area contributed by atoms with Gasteiger partial charge in [-0.2, -0.15) is 0 Å². The predicted octanol–water partition coefficient (Wildman–Crippen LogP) is 4.16. The quantitative estimate of drug-likeness (QED) is 0.628. The number of aryl methyl sites for hydroxylation is 2. The van der Waals surface area contributed by atoms with Gasteiger partial charge < -0.3 is 4.74 Å². The fourth-order valence-corrected chi connectivity index (χ4v) is 2.09. The van der Waals surface area contributed by atoms with E-state index in [0.717, 1.165) is 10.0 Å². The van der Waals surface area contributed by atoms with Crippen molar-refractivity contribution in [3.05, 3.63) is 56.2 Å². The van der Waals surface area contributed by atoms with Crippen LogP contribution in [0.2, 0.25) is 0 Å². The summed E-state index contributed by atoms with van der Waals surface area (Å²) in [4.78, 5) is 14.2. The molecule has 0 atom stereocenters. The highest BCUT2D eigenvalue weighted by Crippen LogP contribution is 2.28. The van der Waals surface area contributed by atoms with Gasteiger partial charge in [-0.15, -0.1) is 0 Å². The van der Waals surface area contributed by atoms with E-state index < -0.39 is 4.92 Å². The van der Waals surface area contributed by atoms with Gasteiger partial charge in [0.2, 0.25) is 5.88 Å². The monoisotopic (exact) mass is 322 g/mol. The molecule has 0 N–H and O–H groups in total. The summed E-state index contributed by atoms with van der Waals surface area (Å²) in [5.74, 6) is 1.01. The first-order valence-corrected chi connectivity index (χ1v) is 6.31. The third-order valence-corrected chi connectivity index (χ3v) is 3.10. The maximum Gasteiger partial charge on any atom is 0.290 e. The molecule has 0 saturated heterocycles. The van der Waals surface area contributed by atoms with Crippen LogP contribution >= 0.6 is 15.9 Å². The Labute approximate surface area is 118 Å². The minimum atomic E-state index is -0.461. The van der Waals surface area contributed by atoms with E-state index in [4.69, 9.17) is 4.74 Å². The Balaban J connectivity index is 2.29. The number of hydrogen-bond acceptors (Lipinski definition) is 4. The first-order chi connectivity index (χ1) is 8.97. The van der Waals surface area contributed by atoms with Crippen molar-refractivity contribution in [2.24, 2.45) is 0 Å². The summed E-state index contributed by atoms with van der Waals surface area (Å²) in [6.45, 7) is 3.57. The van der Waals surface area contributed by atoms with Crippen LogP contribution in [-0.4, -0.2) is 9.91 Å². The second-order valence-corrected chi connectivity index (χ2v) is 4.99. The molecule has 2 rings (SSSR count). The Morgan fingerprint density at radius 1 is 1.26 bits per heavy atom. The standard InChI is InChI=1S/C13H11BrN2O3/c1-8-6-13(15-7-11(8)16(17)18)19-12-4-3-10(14)5-9(12)2/h3-7H,1-2H3. The molecule has 0 unspecified atom stereocenters. The van der Waals surface area contributed by atoms with Gasteiger partial charge in [-0.05, 0) is 37.6 Å². The zero-order valence-electron chi connectivity index (χ0n) is 10.4. The number of hydrogen-bond donors (Lipinski definition) is 0. The normalized spacial score (nSPS) is 10.3. The van der Waals surface area contributed by atoms with Crippen LogP contribution in [0.1, 0.15) is 11.1 Å². The molecular weight excluding hydrogens is 312 g/mol. The molecular formula is C13H11BrN2O3. The van der Waals surface area contributed by atoms with E-state index in [1.54, 1.807) is 13.0 Å². The number of aromatic nitrogens is 1. The first-order valence-electron chi connectivity index (χ1n) is 5.52. The Bertz CT molecular complexity index is 644. The highest BCUT2D eigenvalue weighted by Gasteiger charge is 2.12. The van der Waals surface area contributed by atoms with Gasteiger partial charge in [0.15, 0.2) is 0 Å². The molecule has 1 aromatic carbocycles. The second-order valence-electron chi connectivity index (χ2n) is 4.08. The van der Waals surface area contributed by atoms with Gasteiger partial charge in [0.25, 0.3) is 5.69 Å². The molecule has 19 heavy (non-hydrogen) atoms. The van der Waals surface area contributed by atoms with Crippen LogP contribution in [-0.2, 0) is 0 Å². The van der Waals surface area contributed by atoms with Gasteiger partial charge in [0.05, 0.1) is 4.92 Å². The number of pyridine rings is 1. The average Bonchev–Trinajstić information content (AvgIpc) is 2.32. The van der Waals surface area contributed by atoms with Crippen LogP contribution in [0.5, 0.6) is 11.6 Å². The van der Waals surface area contributed by atoms with E-state index in [1.165, 1.54) is 6.20 Å². The van der Waals surface area contributed by atoms with Crippen molar-refractivity contribution in [1.29, 1.82) is 0 Å². The molecule has 1 aromatic heterocycles. The fraction of sp³-hybridized carbons (Fsp3) is 0.154.